The molecule has 2 aromatic heterocycles. The first-order valence-electron chi connectivity index (χ1n) is 8.62. The van der Waals surface area contributed by atoms with Gasteiger partial charge in [-0.25, -0.2) is 4.79 Å². The number of hydrogen-bond acceptors (Lipinski definition) is 5. The third-order valence-corrected chi connectivity index (χ3v) is 5.70. The Hall–Kier alpha value is -3.20. The molecule has 0 fully saturated rings. The summed E-state index contributed by atoms with van der Waals surface area (Å²) in [7, 11) is 0. The van der Waals surface area contributed by atoms with Gasteiger partial charge in [0, 0.05) is 18.7 Å². The fraction of sp³-hybridized carbons (Fsp3) is 0.263. The Balaban J connectivity index is 2.03. The van der Waals surface area contributed by atoms with E-state index >= 15 is 0 Å². The molecule has 9 heteroatoms. The van der Waals surface area contributed by atoms with Crippen molar-refractivity contribution in [1.29, 1.82) is 0 Å². The van der Waals surface area contributed by atoms with Crippen molar-refractivity contribution in [1.82, 2.24) is 9.55 Å². The van der Waals surface area contributed by atoms with E-state index in [1.807, 2.05) is 32.0 Å². The van der Waals surface area contributed by atoms with Gasteiger partial charge >= 0.3 is 5.69 Å². The summed E-state index contributed by atoms with van der Waals surface area (Å²) in [6.45, 7) is 5.41. The summed E-state index contributed by atoms with van der Waals surface area (Å²) in [6, 6.07) is 5.68. The van der Waals surface area contributed by atoms with Crippen LogP contribution < -0.4 is 22.3 Å². The minimum absolute atomic E-state index is 0.112. The standard InChI is InChI=1S/C19H20N4O4S/c1-9-4-5-12(10(2)8-9)21-16(25)15-11(3)14-17(28-15)22-19(27)23(18(14)26)7-6-13(20)24/h4-5,8H,6-7H2,1-3H3,(H2,20,24)(H,21,25)(H,22,27). The highest BCUT2D eigenvalue weighted by Gasteiger charge is 2.21. The highest BCUT2D eigenvalue weighted by molar-refractivity contribution is 7.20. The van der Waals surface area contributed by atoms with E-state index in [0.29, 0.717) is 21.0 Å². The molecule has 0 unspecified atom stereocenters. The molecule has 1 aromatic carbocycles. The van der Waals surface area contributed by atoms with Crippen LogP contribution >= 0.6 is 11.3 Å². The van der Waals surface area contributed by atoms with E-state index in [1.54, 1.807) is 6.92 Å². The van der Waals surface area contributed by atoms with Crippen LogP contribution in [0, 0.1) is 20.8 Å². The number of nitrogens with two attached hydrogens (primary N) is 1. The molecule has 146 valence electrons. The van der Waals surface area contributed by atoms with Crippen LogP contribution in [0.25, 0.3) is 10.2 Å². The van der Waals surface area contributed by atoms with Crippen molar-refractivity contribution in [2.45, 2.75) is 33.7 Å². The molecule has 0 aliphatic rings. The van der Waals surface area contributed by atoms with Crippen molar-refractivity contribution in [3.63, 3.8) is 0 Å². The van der Waals surface area contributed by atoms with Gasteiger partial charge in [0.15, 0.2) is 0 Å². The molecule has 8 nitrogen and oxygen atoms in total. The molecule has 4 N–H and O–H groups in total. The second-order valence-electron chi connectivity index (χ2n) is 6.64. The van der Waals surface area contributed by atoms with E-state index in [2.05, 4.69) is 10.3 Å². The van der Waals surface area contributed by atoms with Crippen LogP contribution in [0.4, 0.5) is 5.69 Å². The number of thiophene rings is 1. The fourth-order valence-corrected chi connectivity index (χ4v) is 4.11. The average Bonchev–Trinajstić information content (AvgIpc) is 2.93. The number of anilines is 1. The van der Waals surface area contributed by atoms with E-state index in [0.717, 1.165) is 27.0 Å². The normalized spacial score (nSPS) is 11.0. The van der Waals surface area contributed by atoms with Crippen molar-refractivity contribution < 1.29 is 9.59 Å². The zero-order chi connectivity index (χ0) is 20.6. The molecule has 0 spiro atoms. The summed E-state index contributed by atoms with van der Waals surface area (Å²) in [5.41, 5.74) is 7.10. The molecule has 3 aromatic rings. The Morgan fingerprint density at radius 1 is 1.21 bits per heavy atom. The summed E-state index contributed by atoms with van der Waals surface area (Å²) < 4.78 is 0.929. The Morgan fingerprint density at radius 2 is 1.93 bits per heavy atom. The maximum Gasteiger partial charge on any atom is 0.329 e. The number of H-pyrrole nitrogens is 1. The molecular weight excluding hydrogens is 380 g/mol. The Labute approximate surface area is 164 Å². The maximum absolute atomic E-state index is 12.8. The monoisotopic (exact) mass is 400 g/mol. The number of rotatable bonds is 5. The largest absolute Gasteiger partial charge is 0.370 e. The minimum atomic E-state index is -0.638. The molecule has 0 radical (unpaired) electrons. The van der Waals surface area contributed by atoms with Crippen LogP contribution in [0.1, 0.15) is 32.8 Å². The highest BCUT2D eigenvalue weighted by atomic mass is 32.1. The second kappa shape index (κ2) is 7.43. The molecule has 0 aliphatic carbocycles. The molecule has 28 heavy (non-hydrogen) atoms. The van der Waals surface area contributed by atoms with Gasteiger partial charge < -0.3 is 11.1 Å². The van der Waals surface area contributed by atoms with Gasteiger partial charge in [0.25, 0.3) is 11.5 Å². The summed E-state index contributed by atoms with van der Waals surface area (Å²) in [5, 5.41) is 3.12. The molecule has 0 aliphatic heterocycles. The number of hydrogen-bond donors (Lipinski definition) is 3. The van der Waals surface area contributed by atoms with E-state index in [9.17, 15) is 19.2 Å². The fourth-order valence-electron chi connectivity index (χ4n) is 3.03. The third-order valence-electron chi connectivity index (χ3n) is 4.49. The van der Waals surface area contributed by atoms with Crippen molar-refractivity contribution >= 4 is 39.1 Å². The van der Waals surface area contributed by atoms with Gasteiger partial charge in [-0.1, -0.05) is 17.7 Å². The van der Waals surface area contributed by atoms with Crippen molar-refractivity contribution in [2.24, 2.45) is 5.73 Å². The number of carbonyl (C=O) groups excluding carboxylic acids is 2. The zero-order valence-corrected chi connectivity index (χ0v) is 16.5. The van der Waals surface area contributed by atoms with Crippen molar-refractivity contribution in [3.05, 3.63) is 60.6 Å². The molecular formula is C19H20N4O4S. The van der Waals surface area contributed by atoms with Crippen LogP contribution in [-0.4, -0.2) is 21.4 Å². The van der Waals surface area contributed by atoms with E-state index in [-0.39, 0.29) is 24.3 Å². The van der Waals surface area contributed by atoms with Gasteiger partial charge in [0.1, 0.15) is 4.83 Å². The summed E-state index contributed by atoms with van der Waals surface area (Å²) in [4.78, 5) is 52.0. The Bertz CT molecular complexity index is 1220. The van der Waals surface area contributed by atoms with Gasteiger partial charge in [0.05, 0.1) is 10.3 Å². The van der Waals surface area contributed by atoms with Gasteiger partial charge in [0.2, 0.25) is 5.91 Å². The number of fused-ring (bicyclic) bond motifs is 1. The average molecular weight is 400 g/mol. The summed E-state index contributed by atoms with van der Waals surface area (Å²) in [6.07, 6.45) is -0.127. The lowest BCUT2D eigenvalue weighted by atomic mass is 10.1. The smallest absolute Gasteiger partial charge is 0.329 e. The lowest BCUT2D eigenvalue weighted by Crippen LogP contribution is -2.36. The number of amides is 2. The van der Waals surface area contributed by atoms with Crippen LogP contribution in [0.2, 0.25) is 0 Å². The quantitative estimate of drug-likeness (QED) is 0.603. The Kier molecular flexibility index (Phi) is 5.19. The topological polar surface area (TPSA) is 127 Å². The first-order valence-corrected chi connectivity index (χ1v) is 9.43. The summed E-state index contributed by atoms with van der Waals surface area (Å²) in [5.74, 6) is -0.962. The lowest BCUT2D eigenvalue weighted by molar-refractivity contribution is -0.118. The van der Waals surface area contributed by atoms with E-state index < -0.39 is 17.2 Å². The van der Waals surface area contributed by atoms with E-state index in [4.69, 9.17) is 5.73 Å². The number of nitrogens with zero attached hydrogens (tertiary/aromatic N) is 1. The molecule has 0 saturated heterocycles. The number of aromatic nitrogens is 2. The Morgan fingerprint density at radius 3 is 2.57 bits per heavy atom. The first-order chi connectivity index (χ1) is 13.2. The molecule has 2 amide bonds. The SMILES string of the molecule is Cc1ccc(NC(=O)c2sc3[nH]c(=O)n(CCC(N)=O)c(=O)c3c2C)c(C)c1. The number of primary amides is 1. The van der Waals surface area contributed by atoms with Crippen LogP contribution in [0.15, 0.2) is 27.8 Å². The highest BCUT2D eigenvalue weighted by Crippen LogP contribution is 2.27. The maximum atomic E-state index is 12.8. The number of aryl methyl sites for hydroxylation is 3. The minimum Gasteiger partial charge on any atom is -0.370 e. The van der Waals surface area contributed by atoms with Gasteiger partial charge in [-0.05, 0) is 38.0 Å². The van der Waals surface area contributed by atoms with Crippen molar-refractivity contribution in [3.8, 4) is 0 Å². The zero-order valence-electron chi connectivity index (χ0n) is 15.7. The predicted molar refractivity (Wildman–Crippen MR) is 109 cm³/mol. The second-order valence-corrected chi connectivity index (χ2v) is 7.66. The number of aromatic amines is 1. The number of carbonyl (C=O) groups is 2. The van der Waals surface area contributed by atoms with Crippen LogP contribution in [0.5, 0.6) is 0 Å². The molecule has 0 atom stereocenters. The van der Waals surface area contributed by atoms with Gasteiger partial charge in [-0.2, -0.15) is 0 Å². The summed E-state index contributed by atoms with van der Waals surface area (Å²) >= 11 is 1.05. The van der Waals surface area contributed by atoms with E-state index in [1.165, 1.54) is 0 Å². The molecule has 0 saturated carbocycles. The van der Waals surface area contributed by atoms with Crippen LogP contribution in [0.3, 0.4) is 0 Å². The van der Waals surface area contributed by atoms with Gasteiger partial charge in [-0.3, -0.25) is 23.9 Å². The third kappa shape index (κ3) is 3.61. The number of nitrogens with one attached hydrogen (secondary N) is 2. The van der Waals surface area contributed by atoms with Crippen molar-refractivity contribution in [2.75, 3.05) is 5.32 Å². The predicted octanol–water partition coefficient (Wildman–Crippen LogP) is 1.80. The molecule has 3 rings (SSSR count). The van der Waals surface area contributed by atoms with Gasteiger partial charge in [-0.15, -0.1) is 11.3 Å². The van der Waals surface area contributed by atoms with Crippen LogP contribution in [-0.2, 0) is 11.3 Å². The lowest BCUT2D eigenvalue weighted by Gasteiger charge is -2.08. The molecule has 2 heterocycles. The molecule has 0 bridgehead atoms. The first kappa shape index (κ1) is 19.6. The number of benzene rings is 1.